The Hall–Kier alpha value is 0.426. The second-order valence-electron chi connectivity index (χ2n) is 2.73. The van der Waals surface area contributed by atoms with Gasteiger partial charge in [0.15, 0.2) is 5.82 Å². The number of nitrogens with zero attached hydrogens (tertiary/aromatic N) is 3. The van der Waals surface area contributed by atoms with E-state index in [-0.39, 0.29) is 63.7 Å². The van der Waals surface area contributed by atoms with Crippen LogP contribution in [0.2, 0.25) is 0 Å². The van der Waals surface area contributed by atoms with Crippen LogP contribution in [0.1, 0.15) is 5.69 Å². The molecule has 1 aromatic rings. The first-order chi connectivity index (χ1) is 6.46. The van der Waals surface area contributed by atoms with Crippen molar-refractivity contribution in [3.05, 3.63) is 23.8 Å². The predicted molar refractivity (Wildman–Crippen MR) is 53.3 cm³/mol. The summed E-state index contributed by atoms with van der Waals surface area (Å²) < 4.78 is 23.4. The van der Waals surface area contributed by atoms with Crippen molar-refractivity contribution in [1.29, 1.82) is 0 Å². The molecule has 0 saturated heterocycles. The Kier molecular flexibility index (Phi) is 6.41. The van der Waals surface area contributed by atoms with E-state index < -0.39 is 10.0 Å². The van der Waals surface area contributed by atoms with E-state index in [4.69, 9.17) is 5.73 Å². The van der Waals surface area contributed by atoms with E-state index in [2.05, 4.69) is 9.97 Å². The van der Waals surface area contributed by atoms with Crippen LogP contribution in [-0.2, 0) is 16.6 Å². The summed E-state index contributed by atoms with van der Waals surface area (Å²) in [6, 6.07) is 0. The molecule has 1 heterocycles. The van der Waals surface area contributed by atoms with Crippen LogP contribution in [0.5, 0.6) is 0 Å². The predicted octanol–water partition coefficient (Wildman–Crippen LogP) is -2.57. The molecule has 0 aromatic carbocycles. The molecule has 0 aliphatic heterocycles. The van der Waals surface area contributed by atoms with E-state index in [1.807, 2.05) is 0 Å². The van der Waals surface area contributed by atoms with Crippen molar-refractivity contribution in [3.63, 3.8) is 0 Å². The minimum Gasteiger partial charge on any atom is -0.672 e. The summed E-state index contributed by atoms with van der Waals surface area (Å²) in [7, 11) is -1.95. The van der Waals surface area contributed by atoms with E-state index >= 15 is 0 Å². The van der Waals surface area contributed by atoms with E-state index in [0.29, 0.717) is 5.69 Å². The Labute approximate surface area is 132 Å². The minimum atomic E-state index is -3.34. The molecule has 6 nitrogen and oxygen atoms in total. The zero-order valence-corrected chi connectivity index (χ0v) is 12.9. The maximum atomic E-state index is 11.2. The average Bonchev–Trinajstić information content (AvgIpc) is 2.15. The van der Waals surface area contributed by atoms with Gasteiger partial charge in [0, 0.05) is 19.4 Å². The monoisotopic (exact) mass is 254 g/mol. The second kappa shape index (κ2) is 6.23. The van der Waals surface area contributed by atoms with Crippen molar-refractivity contribution in [2.75, 3.05) is 17.6 Å². The summed E-state index contributed by atoms with van der Waals surface area (Å²) >= 11 is 0. The third-order valence-corrected chi connectivity index (χ3v) is 2.88. The van der Waals surface area contributed by atoms with Crippen LogP contribution >= 0.6 is 0 Å². The molecule has 0 unspecified atom stereocenters. The van der Waals surface area contributed by atoms with Crippen molar-refractivity contribution in [3.8, 4) is 0 Å². The van der Waals surface area contributed by atoms with E-state index in [1.54, 1.807) is 0 Å². The van der Waals surface area contributed by atoms with Crippen LogP contribution in [0.3, 0.4) is 0 Å². The standard InChI is InChI=1S/C7H11N4O2S.K/c1-11(14(2,12)13)7-6(5-8)9-3-4-10-7;/h3-4,8H,5H2,1-2H3;/q-1;+1. The summed E-state index contributed by atoms with van der Waals surface area (Å²) in [4.78, 5) is 7.76. The molecular formula is C7H11KN4O2S. The van der Waals surface area contributed by atoms with Crippen LogP contribution in [0.4, 0.5) is 5.82 Å². The molecule has 1 N–H and O–H groups in total. The van der Waals surface area contributed by atoms with Gasteiger partial charge in [-0.15, -0.1) is 6.54 Å². The Bertz CT molecular complexity index is 423. The van der Waals surface area contributed by atoms with Gasteiger partial charge in [-0.1, -0.05) is 0 Å². The van der Waals surface area contributed by atoms with Gasteiger partial charge in [0.05, 0.1) is 11.9 Å². The number of aromatic nitrogens is 2. The summed E-state index contributed by atoms with van der Waals surface area (Å²) in [6.45, 7) is -0.0942. The molecule has 0 saturated carbocycles. The van der Waals surface area contributed by atoms with Crippen molar-refractivity contribution >= 4 is 15.8 Å². The molecular weight excluding hydrogens is 243 g/mol. The number of hydrogen-bond acceptors (Lipinski definition) is 4. The fraction of sp³-hybridized carbons (Fsp3) is 0.429. The summed E-state index contributed by atoms with van der Waals surface area (Å²) in [5.41, 5.74) is 7.51. The SMILES string of the molecule is CN(c1nccnc1C[NH-])S(C)(=O)=O.[K+]. The first-order valence-corrected chi connectivity index (χ1v) is 5.70. The molecule has 78 valence electrons. The zero-order valence-electron chi connectivity index (χ0n) is 8.93. The van der Waals surface area contributed by atoms with E-state index in [1.165, 1.54) is 19.4 Å². The van der Waals surface area contributed by atoms with Crippen LogP contribution in [0.25, 0.3) is 5.73 Å². The van der Waals surface area contributed by atoms with Gasteiger partial charge < -0.3 is 5.73 Å². The molecule has 0 aliphatic carbocycles. The van der Waals surface area contributed by atoms with Crippen LogP contribution in [0.15, 0.2) is 12.4 Å². The van der Waals surface area contributed by atoms with Crippen LogP contribution in [0, 0.1) is 0 Å². The number of rotatable bonds is 3. The number of hydrogen-bond donors (Lipinski definition) is 0. The Morgan fingerprint density at radius 1 is 1.40 bits per heavy atom. The van der Waals surface area contributed by atoms with Gasteiger partial charge in [0.2, 0.25) is 10.0 Å². The van der Waals surface area contributed by atoms with Gasteiger partial charge in [-0.25, -0.2) is 13.4 Å². The fourth-order valence-corrected chi connectivity index (χ4v) is 1.37. The van der Waals surface area contributed by atoms with Crippen molar-refractivity contribution in [1.82, 2.24) is 9.97 Å². The average molecular weight is 254 g/mol. The molecule has 1 rings (SSSR count). The van der Waals surface area contributed by atoms with Gasteiger partial charge in [-0.05, 0) is 0 Å². The van der Waals surface area contributed by atoms with Gasteiger partial charge in [0.25, 0.3) is 0 Å². The summed E-state index contributed by atoms with van der Waals surface area (Å²) in [5, 5.41) is 0. The van der Waals surface area contributed by atoms with Crippen molar-refractivity contribution < 1.29 is 59.8 Å². The number of sulfonamides is 1. The first-order valence-electron chi connectivity index (χ1n) is 3.85. The molecule has 1 aromatic heterocycles. The quantitative estimate of drug-likeness (QED) is 0.555. The Balaban J connectivity index is 0.00000196. The molecule has 15 heavy (non-hydrogen) atoms. The molecule has 8 heteroatoms. The number of anilines is 1. The molecule has 0 fully saturated rings. The fourth-order valence-electron chi connectivity index (χ4n) is 0.904. The van der Waals surface area contributed by atoms with Crippen LogP contribution in [-0.4, -0.2) is 31.7 Å². The van der Waals surface area contributed by atoms with E-state index in [0.717, 1.165) is 10.6 Å². The van der Waals surface area contributed by atoms with Crippen LogP contribution < -0.4 is 55.7 Å². The summed E-state index contributed by atoms with van der Waals surface area (Å²) in [6.07, 6.45) is 3.91. The van der Waals surface area contributed by atoms with Gasteiger partial charge in [-0.2, -0.15) is 0 Å². The molecule has 0 amide bonds. The van der Waals surface area contributed by atoms with Gasteiger partial charge >= 0.3 is 51.4 Å². The Morgan fingerprint density at radius 2 is 1.93 bits per heavy atom. The smallest absolute Gasteiger partial charge is 0.672 e. The largest absolute Gasteiger partial charge is 1.00 e. The second-order valence-corrected chi connectivity index (χ2v) is 4.75. The third-order valence-electron chi connectivity index (χ3n) is 1.72. The van der Waals surface area contributed by atoms with Crippen molar-refractivity contribution in [2.45, 2.75) is 6.54 Å². The number of nitrogens with one attached hydrogen (secondary N) is 1. The molecule has 0 aliphatic rings. The summed E-state index contributed by atoms with van der Waals surface area (Å²) in [5.74, 6) is 0.213. The topological polar surface area (TPSA) is 87.0 Å². The first kappa shape index (κ1) is 15.4. The molecule has 0 bridgehead atoms. The maximum absolute atomic E-state index is 11.2. The zero-order chi connectivity index (χ0) is 10.8. The van der Waals surface area contributed by atoms with Gasteiger partial charge in [-0.3, -0.25) is 9.29 Å². The molecule has 0 spiro atoms. The minimum absolute atomic E-state index is 0. The normalized spacial score (nSPS) is 10.6. The third kappa shape index (κ3) is 4.06. The Morgan fingerprint density at radius 3 is 2.40 bits per heavy atom. The molecule has 0 radical (unpaired) electrons. The van der Waals surface area contributed by atoms with Gasteiger partial charge in [0.1, 0.15) is 0 Å². The van der Waals surface area contributed by atoms with Crippen molar-refractivity contribution in [2.24, 2.45) is 0 Å². The van der Waals surface area contributed by atoms with E-state index in [9.17, 15) is 8.42 Å². The molecule has 0 atom stereocenters. The maximum Gasteiger partial charge on any atom is 1.00 e.